The van der Waals surface area contributed by atoms with Crippen molar-refractivity contribution < 1.29 is 0 Å². The fraction of sp³-hybridized carbons (Fsp3) is 0.400. The fourth-order valence-electron chi connectivity index (χ4n) is 1.75. The van der Waals surface area contributed by atoms with Crippen LogP contribution in [0.2, 0.25) is 0 Å². The number of aromatic nitrogens is 3. The highest BCUT2D eigenvalue weighted by molar-refractivity contribution is 9.10. The van der Waals surface area contributed by atoms with E-state index in [0.717, 1.165) is 15.6 Å². The Morgan fingerprint density at radius 2 is 2.33 bits per heavy atom. The van der Waals surface area contributed by atoms with Gasteiger partial charge in [-0.05, 0) is 34.0 Å². The minimum Gasteiger partial charge on any atom is -0.330 e. The van der Waals surface area contributed by atoms with E-state index in [0.29, 0.717) is 12.5 Å². The summed E-state index contributed by atoms with van der Waals surface area (Å²) in [6.45, 7) is 2.72. The Kier molecular flexibility index (Phi) is 2.75. The second-order valence-corrected chi connectivity index (χ2v) is 4.41. The highest BCUT2D eigenvalue weighted by atomic mass is 79.9. The molecule has 2 N–H and O–H groups in total. The predicted octanol–water partition coefficient (Wildman–Crippen LogP) is 1.79. The zero-order valence-corrected chi connectivity index (χ0v) is 10.3. The summed E-state index contributed by atoms with van der Waals surface area (Å²) in [5.41, 5.74) is 7.83. The second kappa shape index (κ2) is 3.90. The molecule has 80 valence electrons. The Morgan fingerprint density at radius 1 is 1.60 bits per heavy atom. The molecule has 0 aliphatic heterocycles. The molecule has 0 saturated carbocycles. The van der Waals surface area contributed by atoms with E-state index in [1.165, 1.54) is 5.56 Å². The molecule has 0 fully saturated rings. The lowest BCUT2D eigenvalue weighted by Crippen LogP contribution is -2.09. The minimum absolute atomic E-state index is 0.300. The number of rotatable bonds is 2. The van der Waals surface area contributed by atoms with Gasteiger partial charge in [-0.15, -0.1) is 0 Å². The zero-order valence-electron chi connectivity index (χ0n) is 8.74. The number of fused-ring (bicyclic) bond motifs is 1. The predicted molar refractivity (Wildman–Crippen MR) is 63.7 cm³/mol. The first kappa shape index (κ1) is 10.6. The quantitative estimate of drug-likeness (QED) is 0.904. The second-order valence-electron chi connectivity index (χ2n) is 3.66. The van der Waals surface area contributed by atoms with Crippen LogP contribution in [0.3, 0.4) is 0 Å². The van der Waals surface area contributed by atoms with Gasteiger partial charge in [0.25, 0.3) is 0 Å². The molecule has 2 aromatic rings. The van der Waals surface area contributed by atoms with Crippen LogP contribution in [0.25, 0.3) is 11.0 Å². The van der Waals surface area contributed by atoms with Gasteiger partial charge in [0.2, 0.25) is 0 Å². The molecule has 0 aliphatic carbocycles. The van der Waals surface area contributed by atoms with Crippen molar-refractivity contribution in [3.05, 3.63) is 22.7 Å². The third kappa shape index (κ3) is 1.55. The molecule has 15 heavy (non-hydrogen) atoms. The topological polar surface area (TPSA) is 56.7 Å². The monoisotopic (exact) mass is 268 g/mol. The van der Waals surface area contributed by atoms with E-state index in [2.05, 4.69) is 32.8 Å². The molecule has 4 nitrogen and oxygen atoms in total. The van der Waals surface area contributed by atoms with Gasteiger partial charge in [0.05, 0.1) is 4.60 Å². The van der Waals surface area contributed by atoms with Crippen LogP contribution in [-0.2, 0) is 7.05 Å². The summed E-state index contributed by atoms with van der Waals surface area (Å²) in [7, 11) is 1.98. The van der Waals surface area contributed by atoms with Crippen LogP contribution in [0.4, 0.5) is 0 Å². The number of halogens is 1. The maximum atomic E-state index is 5.70. The largest absolute Gasteiger partial charge is 0.330 e. The molecule has 0 amide bonds. The van der Waals surface area contributed by atoms with Gasteiger partial charge in [0.1, 0.15) is 12.0 Å². The molecule has 0 spiro atoms. The van der Waals surface area contributed by atoms with E-state index in [1.807, 2.05) is 17.8 Å². The van der Waals surface area contributed by atoms with Crippen LogP contribution < -0.4 is 5.73 Å². The molecule has 0 bridgehead atoms. The summed E-state index contributed by atoms with van der Waals surface area (Å²) in [6, 6.07) is 0. The van der Waals surface area contributed by atoms with Gasteiger partial charge in [-0.25, -0.2) is 9.97 Å². The zero-order chi connectivity index (χ0) is 11.0. The molecule has 5 heteroatoms. The molecule has 0 aromatic carbocycles. The average Bonchev–Trinajstić information content (AvgIpc) is 2.52. The van der Waals surface area contributed by atoms with Gasteiger partial charge in [0, 0.05) is 18.6 Å². The summed E-state index contributed by atoms with van der Waals surface area (Å²) in [5, 5.41) is 1.07. The molecular formula is C10H13BrN4. The van der Waals surface area contributed by atoms with Crippen molar-refractivity contribution in [2.24, 2.45) is 12.8 Å². The lowest BCUT2D eigenvalue weighted by molar-refractivity contribution is 0.765. The highest BCUT2D eigenvalue weighted by Gasteiger charge is 2.18. The van der Waals surface area contributed by atoms with Crippen LogP contribution >= 0.6 is 15.9 Å². The molecule has 2 rings (SSSR count). The molecule has 0 aliphatic rings. The summed E-state index contributed by atoms with van der Waals surface area (Å²) in [5.74, 6) is 0.300. The standard InChI is InChI=1S/C10H13BrN4/c1-6(3-12)8-7-4-13-5-14-10(7)15(2)9(8)11/h4-6H,3,12H2,1-2H3. The summed E-state index contributed by atoms with van der Waals surface area (Å²) < 4.78 is 3.05. The van der Waals surface area contributed by atoms with Gasteiger partial charge in [-0.3, -0.25) is 0 Å². The number of hydrogen-bond donors (Lipinski definition) is 1. The van der Waals surface area contributed by atoms with E-state index < -0.39 is 0 Å². The van der Waals surface area contributed by atoms with Gasteiger partial charge < -0.3 is 10.3 Å². The van der Waals surface area contributed by atoms with Crippen LogP contribution in [-0.4, -0.2) is 21.1 Å². The Labute approximate surface area is 96.6 Å². The van der Waals surface area contributed by atoms with Crippen molar-refractivity contribution in [1.29, 1.82) is 0 Å². The molecule has 2 aromatic heterocycles. The lowest BCUT2D eigenvalue weighted by atomic mass is 10.0. The van der Waals surface area contributed by atoms with Gasteiger partial charge in [-0.2, -0.15) is 0 Å². The van der Waals surface area contributed by atoms with Gasteiger partial charge in [0.15, 0.2) is 0 Å². The van der Waals surface area contributed by atoms with Crippen molar-refractivity contribution in [3.8, 4) is 0 Å². The lowest BCUT2D eigenvalue weighted by Gasteiger charge is -2.07. The minimum atomic E-state index is 0.300. The summed E-state index contributed by atoms with van der Waals surface area (Å²) in [6.07, 6.45) is 3.40. The Balaban J connectivity index is 2.77. The third-order valence-electron chi connectivity index (χ3n) is 2.66. The SMILES string of the molecule is CC(CN)c1c(Br)n(C)c2ncncc12. The average molecular weight is 269 g/mol. The Morgan fingerprint density at radius 3 is 3.00 bits per heavy atom. The molecular weight excluding hydrogens is 256 g/mol. The Bertz CT molecular complexity index is 491. The van der Waals surface area contributed by atoms with Crippen molar-refractivity contribution in [2.75, 3.05) is 6.54 Å². The fourth-order valence-corrected chi connectivity index (χ4v) is 2.52. The van der Waals surface area contributed by atoms with Crippen LogP contribution in [0.1, 0.15) is 18.4 Å². The smallest absolute Gasteiger partial charge is 0.144 e. The molecule has 1 atom stereocenters. The normalized spacial score (nSPS) is 13.3. The molecule has 0 saturated heterocycles. The molecule has 1 unspecified atom stereocenters. The summed E-state index contributed by atoms with van der Waals surface area (Å²) in [4.78, 5) is 8.32. The number of nitrogens with zero attached hydrogens (tertiary/aromatic N) is 3. The number of hydrogen-bond acceptors (Lipinski definition) is 3. The third-order valence-corrected chi connectivity index (χ3v) is 3.62. The van der Waals surface area contributed by atoms with Crippen molar-refractivity contribution in [2.45, 2.75) is 12.8 Å². The molecule has 0 radical (unpaired) electrons. The van der Waals surface area contributed by atoms with Crippen LogP contribution in [0, 0.1) is 0 Å². The summed E-state index contributed by atoms with van der Waals surface area (Å²) >= 11 is 3.57. The maximum Gasteiger partial charge on any atom is 0.144 e. The van der Waals surface area contributed by atoms with Gasteiger partial charge >= 0.3 is 0 Å². The highest BCUT2D eigenvalue weighted by Crippen LogP contribution is 2.32. The molecule has 2 heterocycles. The van der Waals surface area contributed by atoms with Crippen molar-refractivity contribution >= 4 is 27.0 Å². The van der Waals surface area contributed by atoms with E-state index in [-0.39, 0.29) is 0 Å². The van der Waals surface area contributed by atoms with E-state index in [1.54, 1.807) is 6.33 Å². The van der Waals surface area contributed by atoms with Crippen molar-refractivity contribution in [3.63, 3.8) is 0 Å². The van der Waals surface area contributed by atoms with Crippen molar-refractivity contribution in [1.82, 2.24) is 14.5 Å². The van der Waals surface area contributed by atoms with Crippen LogP contribution in [0.5, 0.6) is 0 Å². The Hall–Kier alpha value is -0.940. The van der Waals surface area contributed by atoms with Crippen LogP contribution in [0.15, 0.2) is 17.1 Å². The van der Waals surface area contributed by atoms with E-state index in [9.17, 15) is 0 Å². The number of aryl methyl sites for hydroxylation is 1. The number of nitrogens with two attached hydrogens (primary N) is 1. The first-order chi connectivity index (χ1) is 7.16. The van der Waals surface area contributed by atoms with Gasteiger partial charge in [-0.1, -0.05) is 6.92 Å². The first-order valence-electron chi connectivity index (χ1n) is 4.80. The van der Waals surface area contributed by atoms with E-state index in [4.69, 9.17) is 5.73 Å². The van der Waals surface area contributed by atoms with E-state index >= 15 is 0 Å². The maximum absolute atomic E-state index is 5.70. The first-order valence-corrected chi connectivity index (χ1v) is 5.60.